The summed E-state index contributed by atoms with van der Waals surface area (Å²) in [6.45, 7) is 6.06. The molecule has 3 rings (SSSR count). The molecule has 3 aromatic rings. The molecule has 0 aliphatic heterocycles. The first-order chi connectivity index (χ1) is 13.4. The quantitative estimate of drug-likeness (QED) is 0.319. The van der Waals surface area contributed by atoms with E-state index in [-0.39, 0.29) is 23.9 Å². The zero-order chi connectivity index (χ0) is 20.3. The molecule has 0 unspecified atom stereocenters. The van der Waals surface area contributed by atoms with Crippen LogP contribution in [0.3, 0.4) is 0 Å². The average molecular weight is 403 g/mol. The second kappa shape index (κ2) is 8.47. The van der Waals surface area contributed by atoms with Gasteiger partial charge in [0.15, 0.2) is 5.78 Å². The number of ketones is 1. The zero-order valence-corrected chi connectivity index (χ0v) is 17.0. The van der Waals surface area contributed by atoms with Gasteiger partial charge in [0.05, 0.1) is 31.1 Å². The van der Waals surface area contributed by atoms with Gasteiger partial charge in [-0.15, -0.1) is 10.2 Å². The van der Waals surface area contributed by atoms with Crippen LogP contribution in [0.25, 0.3) is 11.5 Å². The van der Waals surface area contributed by atoms with E-state index in [4.69, 9.17) is 8.83 Å². The fraction of sp³-hybridized carbons (Fsp3) is 0.368. The third-order valence-electron chi connectivity index (χ3n) is 4.46. The first-order valence-corrected chi connectivity index (χ1v) is 9.66. The highest BCUT2D eigenvalue weighted by molar-refractivity contribution is 7.99. The second-order valence-electron chi connectivity index (χ2n) is 6.24. The van der Waals surface area contributed by atoms with E-state index in [0.29, 0.717) is 29.0 Å². The normalized spacial score (nSPS) is 11.0. The van der Waals surface area contributed by atoms with E-state index in [1.165, 1.54) is 18.9 Å². The van der Waals surface area contributed by atoms with Crippen LogP contribution in [0.2, 0.25) is 0 Å². The minimum Gasteiger partial charge on any atom is -0.469 e. The zero-order valence-electron chi connectivity index (χ0n) is 16.1. The standard InChI is InChI=1S/C19H21N3O5S/c1-11-9-15(12(2)22(11)7-5-17(24)25-4)16(23)10-28-19-21-20-18(27-19)14-6-8-26-13(14)3/h6,8-9H,5,7,10H2,1-4H3. The predicted molar refractivity (Wildman–Crippen MR) is 102 cm³/mol. The maximum atomic E-state index is 12.7. The Bertz CT molecular complexity index is 1000. The van der Waals surface area contributed by atoms with Gasteiger partial charge in [-0.05, 0) is 32.9 Å². The molecule has 9 heteroatoms. The highest BCUT2D eigenvalue weighted by Crippen LogP contribution is 2.27. The van der Waals surface area contributed by atoms with Gasteiger partial charge in [-0.2, -0.15) is 0 Å². The van der Waals surface area contributed by atoms with Crippen LogP contribution in [0.4, 0.5) is 0 Å². The van der Waals surface area contributed by atoms with Crippen LogP contribution in [-0.4, -0.2) is 39.4 Å². The lowest BCUT2D eigenvalue weighted by Crippen LogP contribution is -2.10. The Hall–Kier alpha value is -2.81. The summed E-state index contributed by atoms with van der Waals surface area (Å²) in [6, 6.07) is 3.59. The summed E-state index contributed by atoms with van der Waals surface area (Å²) in [7, 11) is 1.36. The molecule has 3 aromatic heterocycles. The van der Waals surface area contributed by atoms with Gasteiger partial charge in [0.25, 0.3) is 11.1 Å². The monoisotopic (exact) mass is 403 g/mol. The summed E-state index contributed by atoms with van der Waals surface area (Å²) in [4.78, 5) is 24.0. The molecule has 3 heterocycles. The Morgan fingerprint density at radius 3 is 2.71 bits per heavy atom. The van der Waals surface area contributed by atoms with Crippen LogP contribution in [0.1, 0.15) is 33.9 Å². The van der Waals surface area contributed by atoms with Crippen LogP contribution in [0, 0.1) is 20.8 Å². The van der Waals surface area contributed by atoms with Crippen molar-refractivity contribution in [1.82, 2.24) is 14.8 Å². The molecule has 0 N–H and O–H groups in total. The Morgan fingerprint density at radius 1 is 1.25 bits per heavy atom. The molecule has 0 spiro atoms. The third kappa shape index (κ3) is 4.19. The molecule has 0 radical (unpaired) electrons. The lowest BCUT2D eigenvalue weighted by Gasteiger charge is -2.08. The smallest absolute Gasteiger partial charge is 0.307 e. The summed E-state index contributed by atoms with van der Waals surface area (Å²) in [5, 5.41) is 8.30. The number of nitrogens with zero attached hydrogens (tertiary/aromatic N) is 3. The molecule has 0 aliphatic rings. The molecule has 0 aliphatic carbocycles. The Morgan fingerprint density at radius 2 is 2.04 bits per heavy atom. The number of furan rings is 1. The number of rotatable bonds is 8. The first-order valence-electron chi connectivity index (χ1n) is 8.68. The van der Waals surface area contributed by atoms with Gasteiger partial charge in [-0.25, -0.2) is 0 Å². The molecule has 0 bridgehead atoms. The molecule has 28 heavy (non-hydrogen) atoms. The fourth-order valence-corrected chi connectivity index (χ4v) is 3.57. The van der Waals surface area contributed by atoms with Crippen LogP contribution >= 0.6 is 11.8 Å². The number of aromatic nitrogens is 3. The average Bonchev–Trinajstić information content (AvgIpc) is 3.38. The highest BCUT2D eigenvalue weighted by atomic mass is 32.2. The van der Waals surface area contributed by atoms with Crippen molar-refractivity contribution in [3.8, 4) is 11.5 Å². The van der Waals surface area contributed by atoms with E-state index in [9.17, 15) is 9.59 Å². The van der Waals surface area contributed by atoms with Gasteiger partial charge in [-0.1, -0.05) is 11.8 Å². The molecular weight excluding hydrogens is 382 g/mol. The number of aryl methyl sites for hydroxylation is 2. The number of ether oxygens (including phenoxy) is 1. The molecule has 0 atom stereocenters. The van der Waals surface area contributed by atoms with E-state index in [1.807, 2.05) is 31.4 Å². The van der Waals surface area contributed by atoms with Crippen molar-refractivity contribution in [3.63, 3.8) is 0 Å². The van der Waals surface area contributed by atoms with E-state index in [0.717, 1.165) is 17.0 Å². The molecule has 0 aromatic carbocycles. The summed E-state index contributed by atoms with van der Waals surface area (Å²) in [6.07, 6.45) is 1.81. The molecule has 148 valence electrons. The van der Waals surface area contributed by atoms with Crippen LogP contribution in [-0.2, 0) is 16.1 Å². The maximum absolute atomic E-state index is 12.7. The van der Waals surface area contributed by atoms with E-state index in [1.54, 1.807) is 12.3 Å². The molecule has 8 nitrogen and oxygen atoms in total. The van der Waals surface area contributed by atoms with Crippen LogP contribution in [0.15, 0.2) is 32.5 Å². The van der Waals surface area contributed by atoms with Gasteiger partial charge in [0.2, 0.25) is 0 Å². The molecular formula is C19H21N3O5S. The topological polar surface area (TPSA) is 100 Å². The van der Waals surface area contributed by atoms with Crippen molar-refractivity contribution in [2.45, 2.75) is 39.0 Å². The number of Topliss-reactive ketones (excluding diaryl/α,β-unsaturated/α-hetero) is 1. The van der Waals surface area contributed by atoms with E-state index < -0.39 is 0 Å². The first kappa shape index (κ1) is 19.9. The van der Waals surface area contributed by atoms with Crippen LogP contribution < -0.4 is 0 Å². The predicted octanol–water partition coefficient (Wildman–Crippen LogP) is 3.59. The van der Waals surface area contributed by atoms with Crippen LogP contribution in [0.5, 0.6) is 0 Å². The van der Waals surface area contributed by atoms with Gasteiger partial charge in [0, 0.05) is 23.5 Å². The summed E-state index contributed by atoms with van der Waals surface area (Å²) >= 11 is 1.19. The second-order valence-corrected chi connectivity index (χ2v) is 7.16. The van der Waals surface area contributed by atoms with Gasteiger partial charge < -0.3 is 18.1 Å². The van der Waals surface area contributed by atoms with Crippen molar-refractivity contribution < 1.29 is 23.2 Å². The van der Waals surface area contributed by atoms with Crippen molar-refractivity contribution in [2.75, 3.05) is 12.9 Å². The van der Waals surface area contributed by atoms with Crippen molar-refractivity contribution in [3.05, 3.63) is 41.1 Å². The van der Waals surface area contributed by atoms with Gasteiger partial charge >= 0.3 is 5.97 Å². The van der Waals surface area contributed by atoms with E-state index in [2.05, 4.69) is 14.9 Å². The van der Waals surface area contributed by atoms with E-state index >= 15 is 0 Å². The number of hydrogen-bond acceptors (Lipinski definition) is 8. The summed E-state index contributed by atoms with van der Waals surface area (Å²) in [5.74, 6) is 0.906. The lowest BCUT2D eigenvalue weighted by molar-refractivity contribution is -0.140. The number of hydrogen-bond donors (Lipinski definition) is 0. The molecule has 0 saturated heterocycles. The highest BCUT2D eigenvalue weighted by Gasteiger charge is 2.19. The van der Waals surface area contributed by atoms with Crippen molar-refractivity contribution >= 4 is 23.5 Å². The minimum absolute atomic E-state index is 0.0401. The molecule has 0 saturated carbocycles. The molecule has 0 fully saturated rings. The van der Waals surface area contributed by atoms with Crippen molar-refractivity contribution in [2.24, 2.45) is 0 Å². The SMILES string of the molecule is COC(=O)CCn1c(C)cc(C(=O)CSc2nnc(-c3ccoc3C)o2)c1C. The Balaban J connectivity index is 1.65. The van der Waals surface area contributed by atoms with Gasteiger partial charge in [0.1, 0.15) is 5.76 Å². The number of methoxy groups -OCH3 is 1. The Kier molecular flexibility index (Phi) is 6.03. The number of esters is 1. The Labute approximate surface area is 166 Å². The summed E-state index contributed by atoms with van der Waals surface area (Å²) < 4.78 is 17.5. The lowest BCUT2D eigenvalue weighted by atomic mass is 10.2. The fourth-order valence-electron chi connectivity index (χ4n) is 2.92. The number of thioether (sulfide) groups is 1. The van der Waals surface area contributed by atoms with Crippen molar-refractivity contribution in [1.29, 1.82) is 0 Å². The minimum atomic E-state index is -0.281. The number of carbonyl (C=O) groups is 2. The van der Waals surface area contributed by atoms with Gasteiger partial charge in [-0.3, -0.25) is 9.59 Å². The maximum Gasteiger partial charge on any atom is 0.307 e. The third-order valence-corrected chi connectivity index (χ3v) is 5.28. The largest absolute Gasteiger partial charge is 0.469 e. The number of carbonyl (C=O) groups excluding carboxylic acids is 2. The molecule has 0 amide bonds. The summed E-state index contributed by atoms with van der Waals surface area (Å²) in [5.41, 5.74) is 3.11.